The number of carbonyl (C=O) groups is 1. The van der Waals surface area contributed by atoms with Crippen molar-refractivity contribution in [3.63, 3.8) is 0 Å². The van der Waals surface area contributed by atoms with Crippen LogP contribution in [0.4, 0.5) is 5.69 Å². The highest BCUT2D eigenvalue weighted by Crippen LogP contribution is 2.15. The molecule has 3 heterocycles. The molecular formula is C20H25N5OS. The van der Waals surface area contributed by atoms with E-state index in [1.54, 1.807) is 11.3 Å². The van der Waals surface area contributed by atoms with Gasteiger partial charge in [0, 0.05) is 56.2 Å². The van der Waals surface area contributed by atoms with Crippen molar-refractivity contribution in [1.29, 1.82) is 0 Å². The largest absolute Gasteiger partial charge is 0.326 e. The second-order valence-electron chi connectivity index (χ2n) is 6.96. The maximum absolute atomic E-state index is 12.3. The highest BCUT2D eigenvalue weighted by Gasteiger charge is 2.15. The van der Waals surface area contributed by atoms with Crippen LogP contribution in [-0.4, -0.2) is 57.8 Å². The summed E-state index contributed by atoms with van der Waals surface area (Å²) in [6, 6.07) is 8.19. The predicted molar refractivity (Wildman–Crippen MR) is 109 cm³/mol. The van der Waals surface area contributed by atoms with E-state index in [4.69, 9.17) is 0 Å². The maximum Gasteiger partial charge on any atom is 0.230 e. The van der Waals surface area contributed by atoms with Gasteiger partial charge >= 0.3 is 0 Å². The Bertz CT molecular complexity index is 864. The first-order valence-electron chi connectivity index (χ1n) is 9.44. The third-order valence-electron chi connectivity index (χ3n) is 5.04. The topological polar surface area (TPSA) is 52.9 Å². The lowest BCUT2D eigenvalue weighted by Gasteiger charge is -2.34. The number of rotatable bonds is 6. The van der Waals surface area contributed by atoms with Crippen molar-refractivity contribution >= 4 is 27.9 Å². The van der Waals surface area contributed by atoms with Gasteiger partial charge in [-0.25, -0.2) is 4.98 Å². The van der Waals surface area contributed by atoms with Gasteiger partial charge in [-0.05, 0) is 24.2 Å². The molecule has 0 spiro atoms. The number of imidazole rings is 1. The predicted octanol–water partition coefficient (Wildman–Crippen LogP) is 2.71. The van der Waals surface area contributed by atoms with Crippen molar-refractivity contribution in [1.82, 2.24) is 19.2 Å². The Balaban J connectivity index is 1.28. The molecule has 7 heteroatoms. The van der Waals surface area contributed by atoms with Gasteiger partial charge in [-0.3, -0.25) is 14.1 Å². The van der Waals surface area contributed by atoms with E-state index in [9.17, 15) is 4.79 Å². The third kappa shape index (κ3) is 4.55. The number of nitrogens with zero attached hydrogens (tertiary/aromatic N) is 4. The van der Waals surface area contributed by atoms with E-state index in [0.717, 1.165) is 55.6 Å². The molecule has 1 N–H and O–H groups in total. The van der Waals surface area contributed by atoms with Gasteiger partial charge in [0.2, 0.25) is 5.91 Å². The van der Waals surface area contributed by atoms with Crippen LogP contribution in [0.3, 0.4) is 0 Å². The standard InChI is InChI=1S/C20H25N5OS/c1-2-23-7-9-24(10-8-23)14-16-3-5-17(6-4-16)21-19(26)13-18-15-25-11-12-27-20(25)22-18/h3-6,11-12,15H,2,7-10,13-14H2,1H3,(H,21,26). The van der Waals surface area contributed by atoms with Gasteiger partial charge in [-0.2, -0.15) is 0 Å². The number of fused-ring (bicyclic) bond motifs is 1. The molecule has 1 aliphatic heterocycles. The Hall–Kier alpha value is -2.22. The van der Waals surface area contributed by atoms with Crippen LogP contribution in [0.1, 0.15) is 18.2 Å². The SMILES string of the molecule is CCN1CCN(Cc2ccc(NC(=O)Cc3cn4ccsc4n3)cc2)CC1. The average molecular weight is 384 g/mol. The summed E-state index contributed by atoms with van der Waals surface area (Å²) in [7, 11) is 0. The first-order valence-corrected chi connectivity index (χ1v) is 10.3. The molecule has 1 aliphatic rings. The average Bonchev–Trinajstić information content (AvgIpc) is 3.25. The van der Waals surface area contributed by atoms with Crippen LogP contribution in [0, 0.1) is 0 Å². The Morgan fingerprint density at radius 2 is 1.89 bits per heavy atom. The molecule has 0 saturated carbocycles. The minimum Gasteiger partial charge on any atom is -0.326 e. The molecule has 142 valence electrons. The van der Waals surface area contributed by atoms with E-state index in [0.29, 0.717) is 0 Å². The summed E-state index contributed by atoms with van der Waals surface area (Å²) in [5.41, 5.74) is 2.91. The van der Waals surface area contributed by atoms with Crippen molar-refractivity contribution < 1.29 is 4.79 Å². The lowest BCUT2D eigenvalue weighted by Crippen LogP contribution is -2.45. The van der Waals surface area contributed by atoms with Crippen molar-refractivity contribution in [2.75, 3.05) is 38.0 Å². The molecule has 4 rings (SSSR count). The fraction of sp³-hybridized carbons (Fsp3) is 0.400. The van der Waals surface area contributed by atoms with Crippen molar-refractivity contribution in [3.05, 3.63) is 53.3 Å². The molecule has 0 atom stereocenters. The van der Waals surface area contributed by atoms with E-state index in [2.05, 4.69) is 39.2 Å². The number of piperazine rings is 1. The number of hydrogen-bond donors (Lipinski definition) is 1. The number of hydrogen-bond acceptors (Lipinski definition) is 5. The molecule has 0 bridgehead atoms. The second-order valence-corrected chi connectivity index (χ2v) is 7.83. The summed E-state index contributed by atoms with van der Waals surface area (Å²) in [4.78, 5) is 22.6. The quantitative estimate of drug-likeness (QED) is 0.711. The molecule has 1 fully saturated rings. The smallest absolute Gasteiger partial charge is 0.230 e. The molecule has 6 nitrogen and oxygen atoms in total. The highest BCUT2D eigenvalue weighted by atomic mass is 32.1. The zero-order chi connectivity index (χ0) is 18.6. The number of benzene rings is 1. The van der Waals surface area contributed by atoms with E-state index in [1.807, 2.05) is 34.3 Å². The molecule has 1 amide bonds. The molecule has 0 radical (unpaired) electrons. The third-order valence-corrected chi connectivity index (χ3v) is 5.81. The number of thiazole rings is 1. The van der Waals surface area contributed by atoms with E-state index >= 15 is 0 Å². The van der Waals surface area contributed by atoms with Crippen LogP contribution in [-0.2, 0) is 17.8 Å². The summed E-state index contributed by atoms with van der Waals surface area (Å²) in [5.74, 6) is -0.0378. The van der Waals surface area contributed by atoms with Crippen molar-refractivity contribution in [2.45, 2.75) is 19.9 Å². The molecule has 3 aromatic rings. The number of anilines is 1. The molecule has 0 unspecified atom stereocenters. The lowest BCUT2D eigenvalue weighted by molar-refractivity contribution is -0.115. The lowest BCUT2D eigenvalue weighted by atomic mass is 10.1. The zero-order valence-corrected chi connectivity index (χ0v) is 16.4. The van der Waals surface area contributed by atoms with Gasteiger partial charge < -0.3 is 10.2 Å². The molecule has 2 aromatic heterocycles. The van der Waals surface area contributed by atoms with Crippen LogP contribution in [0.5, 0.6) is 0 Å². The van der Waals surface area contributed by atoms with Crippen LogP contribution >= 0.6 is 11.3 Å². The Kier molecular flexibility index (Phi) is 5.52. The summed E-state index contributed by atoms with van der Waals surface area (Å²) in [5, 5.41) is 4.95. The Morgan fingerprint density at radius 1 is 1.15 bits per heavy atom. The Labute approximate surface area is 163 Å². The molecular weight excluding hydrogens is 358 g/mol. The number of amides is 1. The number of likely N-dealkylation sites (N-methyl/N-ethyl adjacent to an activating group) is 1. The second kappa shape index (κ2) is 8.21. The van der Waals surface area contributed by atoms with E-state index in [1.165, 1.54) is 5.56 Å². The molecule has 0 aliphatic carbocycles. The fourth-order valence-corrected chi connectivity index (χ4v) is 4.17. The number of aromatic nitrogens is 2. The van der Waals surface area contributed by atoms with Crippen LogP contribution in [0.2, 0.25) is 0 Å². The minimum atomic E-state index is -0.0378. The van der Waals surface area contributed by atoms with Gasteiger partial charge in [0.05, 0.1) is 12.1 Å². The summed E-state index contributed by atoms with van der Waals surface area (Å²) >= 11 is 1.57. The molecule has 1 saturated heterocycles. The molecule has 1 aromatic carbocycles. The fourth-order valence-electron chi connectivity index (χ4n) is 3.45. The Morgan fingerprint density at radius 3 is 2.59 bits per heavy atom. The van der Waals surface area contributed by atoms with Crippen molar-refractivity contribution in [3.8, 4) is 0 Å². The summed E-state index contributed by atoms with van der Waals surface area (Å²) in [6.07, 6.45) is 4.15. The first kappa shape index (κ1) is 18.2. The van der Waals surface area contributed by atoms with Gasteiger partial charge in [0.15, 0.2) is 4.96 Å². The minimum absolute atomic E-state index is 0.0378. The monoisotopic (exact) mass is 383 g/mol. The van der Waals surface area contributed by atoms with Crippen LogP contribution in [0.25, 0.3) is 4.96 Å². The number of nitrogens with one attached hydrogen (secondary N) is 1. The number of carbonyl (C=O) groups excluding carboxylic acids is 1. The highest BCUT2D eigenvalue weighted by molar-refractivity contribution is 7.15. The summed E-state index contributed by atoms with van der Waals surface area (Å²) < 4.78 is 1.95. The van der Waals surface area contributed by atoms with E-state index in [-0.39, 0.29) is 12.3 Å². The van der Waals surface area contributed by atoms with Gasteiger partial charge in [-0.15, -0.1) is 11.3 Å². The summed E-state index contributed by atoms with van der Waals surface area (Å²) in [6.45, 7) is 8.87. The van der Waals surface area contributed by atoms with Gasteiger partial charge in [0.1, 0.15) is 0 Å². The van der Waals surface area contributed by atoms with Crippen molar-refractivity contribution in [2.24, 2.45) is 0 Å². The zero-order valence-electron chi connectivity index (χ0n) is 15.6. The van der Waals surface area contributed by atoms with Gasteiger partial charge in [-0.1, -0.05) is 19.1 Å². The first-order chi connectivity index (χ1) is 13.2. The maximum atomic E-state index is 12.3. The van der Waals surface area contributed by atoms with Gasteiger partial charge in [0.25, 0.3) is 0 Å². The van der Waals surface area contributed by atoms with Crippen LogP contribution < -0.4 is 5.32 Å². The van der Waals surface area contributed by atoms with Crippen LogP contribution in [0.15, 0.2) is 42.0 Å². The van der Waals surface area contributed by atoms with E-state index < -0.39 is 0 Å². The molecule has 27 heavy (non-hydrogen) atoms. The normalized spacial score (nSPS) is 16.0.